The van der Waals surface area contributed by atoms with Crippen molar-refractivity contribution in [3.8, 4) is 5.75 Å². The molecule has 1 unspecified atom stereocenters. The molecule has 0 aliphatic carbocycles. The third kappa shape index (κ3) is 3.97. The molecule has 0 fully saturated rings. The van der Waals surface area contributed by atoms with Crippen LogP contribution in [0, 0.1) is 0 Å². The van der Waals surface area contributed by atoms with Crippen molar-refractivity contribution in [3.05, 3.63) is 45.7 Å². The van der Waals surface area contributed by atoms with Gasteiger partial charge in [-0.2, -0.15) is 0 Å². The molecule has 128 valence electrons. The molecule has 1 amide bonds. The molecule has 1 aliphatic rings. The molecule has 6 nitrogen and oxygen atoms in total. The van der Waals surface area contributed by atoms with Gasteiger partial charge in [-0.25, -0.2) is 13.1 Å². The number of carbonyl (C=O) groups excluding carboxylic acids is 1. The summed E-state index contributed by atoms with van der Waals surface area (Å²) in [5.74, 6) is 0.349. The molecule has 0 saturated heterocycles. The first-order valence-corrected chi connectivity index (χ1v) is 10.4. The summed E-state index contributed by atoms with van der Waals surface area (Å²) < 4.78 is 33.0. The van der Waals surface area contributed by atoms with Crippen molar-refractivity contribution in [2.24, 2.45) is 0 Å². The maximum absolute atomic E-state index is 12.1. The number of fused-ring (bicyclic) bond motifs is 1. The summed E-state index contributed by atoms with van der Waals surface area (Å²) in [5.41, 5.74) is 0.880. The van der Waals surface area contributed by atoms with E-state index < -0.39 is 10.0 Å². The van der Waals surface area contributed by atoms with Crippen molar-refractivity contribution < 1.29 is 17.9 Å². The van der Waals surface area contributed by atoms with Crippen molar-refractivity contribution in [1.29, 1.82) is 0 Å². The maximum atomic E-state index is 12.1. The third-order valence-electron chi connectivity index (χ3n) is 3.53. The highest BCUT2D eigenvalue weighted by atomic mass is 79.9. The number of amides is 1. The van der Waals surface area contributed by atoms with Gasteiger partial charge in [0, 0.05) is 16.5 Å². The number of carbonyl (C=O) groups is 1. The Labute approximate surface area is 152 Å². The lowest BCUT2D eigenvalue weighted by Gasteiger charge is -2.27. The highest BCUT2D eigenvalue weighted by Gasteiger charge is 2.24. The standard InChI is InChI=1S/C15H15BrN2O4S2/c16-10-3-4-13-11(8-10)12(5-6-22-13)18-14(19)9-17-24(20,21)15-2-1-7-23-15/h1-4,7-8,12,17H,5-6,9H2,(H,18,19). The van der Waals surface area contributed by atoms with E-state index in [2.05, 4.69) is 26.0 Å². The average molecular weight is 431 g/mol. The van der Waals surface area contributed by atoms with Gasteiger partial charge in [-0.3, -0.25) is 4.79 Å². The molecule has 2 aromatic rings. The van der Waals surface area contributed by atoms with E-state index in [1.807, 2.05) is 18.2 Å². The molecule has 9 heteroatoms. The molecule has 1 atom stereocenters. The molecule has 0 saturated carbocycles. The zero-order chi connectivity index (χ0) is 17.2. The summed E-state index contributed by atoms with van der Waals surface area (Å²) in [5, 5.41) is 4.53. The molecule has 2 N–H and O–H groups in total. The molecular weight excluding hydrogens is 416 g/mol. The number of thiophene rings is 1. The minimum atomic E-state index is -3.64. The van der Waals surface area contributed by atoms with Crippen LogP contribution in [0.2, 0.25) is 0 Å². The van der Waals surface area contributed by atoms with E-state index in [0.717, 1.165) is 27.1 Å². The van der Waals surface area contributed by atoms with Gasteiger partial charge < -0.3 is 10.1 Å². The number of ether oxygens (including phenoxy) is 1. The molecule has 1 aromatic heterocycles. The predicted molar refractivity (Wildman–Crippen MR) is 94.6 cm³/mol. The number of benzene rings is 1. The van der Waals surface area contributed by atoms with Gasteiger partial charge in [0.05, 0.1) is 19.2 Å². The minimum Gasteiger partial charge on any atom is -0.493 e. The molecular formula is C15H15BrN2O4S2. The van der Waals surface area contributed by atoms with Gasteiger partial charge in [-0.05, 0) is 29.6 Å². The van der Waals surface area contributed by atoms with E-state index in [9.17, 15) is 13.2 Å². The maximum Gasteiger partial charge on any atom is 0.250 e. The van der Waals surface area contributed by atoms with Gasteiger partial charge >= 0.3 is 0 Å². The molecule has 24 heavy (non-hydrogen) atoms. The Morgan fingerprint density at radius 3 is 2.96 bits per heavy atom. The van der Waals surface area contributed by atoms with E-state index >= 15 is 0 Å². The van der Waals surface area contributed by atoms with Crippen LogP contribution in [0.5, 0.6) is 5.75 Å². The Morgan fingerprint density at radius 2 is 2.21 bits per heavy atom. The zero-order valence-corrected chi connectivity index (χ0v) is 15.7. The van der Waals surface area contributed by atoms with Gasteiger partial charge in [0.2, 0.25) is 5.91 Å². The lowest BCUT2D eigenvalue weighted by molar-refractivity contribution is -0.120. The van der Waals surface area contributed by atoms with Crippen LogP contribution in [0.3, 0.4) is 0 Å². The minimum absolute atomic E-state index is 0.190. The van der Waals surface area contributed by atoms with E-state index in [0.29, 0.717) is 13.0 Å². The molecule has 1 aromatic carbocycles. The number of rotatable bonds is 5. The Morgan fingerprint density at radius 1 is 1.38 bits per heavy atom. The van der Waals surface area contributed by atoms with Gasteiger partial charge in [-0.15, -0.1) is 11.3 Å². The topological polar surface area (TPSA) is 84.5 Å². The van der Waals surface area contributed by atoms with Crippen LogP contribution in [-0.2, 0) is 14.8 Å². The summed E-state index contributed by atoms with van der Waals surface area (Å²) in [4.78, 5) is 12.1. The fourth-order valence-corrected chi connectivity index (χ4v) is 4.81. The monoisotopic (exact) mass is 430 g/mol. The van der Waals surface area contributed by atoms with E-state index in [1.165, 1.54) is 6.07 Å². The number of halogens is 1. The van der Waals surface area contributed by atoms with Crippen molar-refractivity contribution in [2.75, 3.05) is 13.2 Å². The van der Waals surface area contributed by atoms with Crippen LogP contribution in [0.4, 0.5) is 0 Å². The zero-order valence-electron chi connectivity index (χ0n) is 12.5. The normalized spacial score (nSPS) is 17.0. The molecule has 0 radical (unpaired) electrons. The second kappa shape index (κ2) is 7.22. The van der Waals surface area contributed by atoms with Crippen molar-refractivity contribution in [3.63, 3.8) is 0 Å². The fraction of sp³-hybridized carbons (Fsp3) is 0.267. The summed E-state index contributed by atoms with van der Waals surface area (Å²) in [6.07, 6.45) is 0.632. The Bertz CT molecular complexity index is 837. The van der Waals surface area contributed by atoms with Gasteiger partial charge in [0.15, 0.2) is 0 Å². The first kappa shape index (κ1) is 17.4. The Kier molecular flexibility index (Phi) is 5.24. The van der Waals surface area contributed by atoms with Crippen molar-refractivity contribution >= 4 is 43.2 Å². The highest BCUT2D eigenvalue weighted by Crippen LogP contribution is 2.34. The van der Waals surface area contributed by atoms with E-state index in [-0.39, 0.29) is 22.7 Å². The van der Waals surface area contributed by atoms with Crippen LogP contribution in [0.25, 0.3) is 0 Å². The lowest BCUT2D eigenvalue weighted by Crippen LogP contribution is -2.39. The van der Waals surface area contributed by atoms with Crippen LogP contribution in [0.1, 0.15) is 18.0 Å². The number of hydrogen-bond donors (Lipinski definition) is 2. The summed E-state index contributed by atoms with van der Waals surface area (Å²) in [7, 11) is -3.64. The second-order valence-corrected chi connectivity index (χ2v) is 9.05. The smallest absolute Gasteiger partial charge is 0.250 e. The van der Waals surface area contributed by atoms with Crippen molar-refractivity contribution in [1.82, 2.24) is 10.0 Å². The van der Waals surface area contributed by atoms with Gasteiger partial charge in [-0.1, -0.05) is 22.0 Å². The SMILES string of the molecule is O=C(CNS(=O)(=O)c1cccs1)NC1CCOc2ccc(Br)cc21. The Hall–Kier alpha value is -1.42. The number of sulfonamides is 1. The van der Waals surface area contributed by atoms with E-state index in [4.69, 9.17) is 4.74 Å². The lowest BCUT2D eigenvalue weighted by atomic mass is 10.0. The summed E-state index contributed by atoms with van der Waals surface area (Å²) in [6.45, 7) is 0.196. The van der Waals surface area contributed by atoms with Crippen molar-refractivity contribution in [2.45, 2.75) is 16.7 Å². The third-order valence-corrected chi connectivity index (χ3v) is 6.82. The first-order valence-electron chi connectivity index (χ1n) is 7.20. The Balaban J connectivity index is 1.63. The van der Waals surface area contributed by atoms with Crippen LogP contribution in [-0.4, -0.2) is 27.5 Å². The molecule has 2 heterocycles. The van der Waals surface area contributed by atoms with Crippen LogP contribution < -0.4 is 14.8 Å². The summed E-state index contributed by atoms with van der Waals surface area (Å²) in [6, 6.07) is 8.56. The second-order valence-electron chi connectivity index (χ2n) is 5.20. The number of nitrogens with one attached hydrogen (secondary N) is 2. The summed E-state index contributed by atoms with van der Waals surface area (Å²) >= 11 is 4.51. The molecule has 0 bridgehead atoms. The van der Waals surface area contributed by atoms with Gasteiger partial charge in [0.25, 0.3) is 10.0 Å². The fourth-order valence-electron chi connectivity index (χ4n) is 2.41. The molecule has 1 aliphatic heterocycles. The highest BCUT2D eigenvalue weighted by molar-refractivity contribution is 9.10. The quantitative estimate of drug-likeness (QED) is 0.762. The average Bonchev–Trinajstić information content (AvgIpc) is 3.09. The largest absolute Gasteiger partial charge is 0.493 e. The molecule has 3 rings (SSSR count). The van der Waals surface area contributed by atoms with Gasteiger partial charge in [0.1, 0.15) is 9.96 Å². The molecule has 0 spiro atoms. The predicted octanol–water partition coefficient (Wildman–Crippen LogP) is 2.43. The van der Waals surface area contributed by atoms with E-state index in [1.54, 1.807) is 11.4 Å². The number of hydrogen-bond acceptors (Lipinski definition) is 5. The van der Waals surface area contributed by atoms with Crippen LogP contribution in [0.15, 0.2) is 44.4 Å². The first-order chi connectivity index (χ1) is 11.5. The van der Waals surface area contributed by atoms with Crippen LogP contribution >= 0.6 is 27.3 Å².